The first kappa shape index (κ1) is 18.7. The number of nitrogens with zero attached hydrogens (tertiary/aromatic N) is 2. The zero-order chi connectivity index (χ0) is 19.3. The molecule has 6 nitrogen and oxygen atoms in total. The van der Waals surface area contributed by atoms with Crippen LogP contribution >= 0.6 is 0 Å². The Morgan fingerprint density at radius 2 is 1.43 bits per heavy atom. The average Bonchev–Trinajstić information content (AvgIpc) is 3.09. The molecule has 0 aliphatic carbocycles. The summed E-state index contributed by atoms with van der Waals surface area (Å²) in [5.41, 5.74) is 3.25. The predicted molar refractivity (Wildman–Crippen MR) is 107 cm³/mol. The molecule has 1 aromatic heterocycles. The van der Waals surface area contributed by atoms with Crippen molar-refractivity contribution in [1.82, 2.24) is 14.8 Å². The van der Waals surface area contributed by atoms with Crippen LogP contribution in [0.5, 0.6) is 0 Å². The molecule has 0 saturated carbocycles. The van der Waals surface area contributed by atoms with Crippen LogP contribution in [-0.4, -0.2) is 66.0 Å². The van der Waals surface area contributed by atoms with Crippen molar-refractivity contribution in [1.29, 1.82) is 0 Å². The van der Waals surface area contributed by atoms with Crippen LogP contribution in [0.4, 0.5) is 0 Å². The fourth-order valence-electron chi connectivity index (χ4n) is 3.88. The number of likely N-dealkylation sites (tertiary alicyclic amines) is 1. The lowest BCUT2D eigenvalue weighted by Crippen LogP contribution is -2.40. The van der Waals surface area contributed by atoms with E-state index in [9.17, 15) is 9.59 Å². The predicted octanol–water partition coefficient (Wildman–Crippen LogP) is 3.17. The molecule has 28 heavy (non-hydrogen) atoms. The van der Waals surface area contributed by atoms with Gasteiger partial charge in [-0.1, -0.05) is 25.0 Å². The number of benzene rings is 1. The van der Waals surface area contributed by atoms with Crippen molar-refractivity contribution in [2.75, 3.05) is 39.4 Å². The standard InChI is InChI=1S/C22H27N3O3/c26-21(24-9-3-1-2-4-10-24)18-7-5-17(6-8-18)19-15-20(23-16-19)22(27)25-11-13-28-14-12-25/h5-8,15-16,23H,1-4,9-14H2. The summed E-state index contributed by atoms with van der Waals surface area (Å²) in [6.07, 6.45) is 6.45. The lowest BCUT2D eigenvalue weighted by atomic mass is 10.1. The van der Waals surface area contributed by atoms with Gasteiger partial charge in [-0.05, 0) is 42.2 Å². The maximum atomic E-state index is 12.7. The van der Waals surface area contributed by atoms with Crippen LogP contribution in [0, 0.1) is 0 Å². The highest BCUT2D eigenvalue weighted by Crippen LogP contribution is 2.23. The largest absolute Gasteiger partial charge is 0.378 e. The van der Waals surface area contributed by atoms with Crippen molar-refractivity contribution in [3.63, 3.8) is 0 Å². The lowest BCUT2D eigenvalue weighted by Gasteiger charge is -2.26. The molecular weight excluding hydrogens is 354 g/mol. The smallest absolute Gasteiger partial charge is 0.270 e. The van der Waals surface area contributed by atoms with Gasteiger partial charge in [-0.3, -0.25) is 9.59 Å². The minimum atomic E-state index is 0.00233. The molecule has 2 amide bonds. The number of hydrogen-bond acceptors (Lipinski definition) is 3. The van der Waals surface area contributed by atoms with Gasteiger partial charge in [-0.15, -0.1) is 0 Å². The monoisotopic (exact) mass is 381 g/mol. The molecule has 0 atom stereocenters. The van der Waals surface area contributed by atoms with Crippen molar-refractivity contribution >= 4 is 11.8 Å². The molecule has 2 aromatic rings. The number of ether oxygens (including phenoxy) is 1. The molecular formula is C22H27N3O3. The summed E-state index contributed by atoms with van der Waals surface area (Å²) in [5, 5.41) is 0. The summed E-state index contributed by atoms with van der Waals surface area (Å²) in [5.74, 6) is 0.119. The van der Waals surface area contributed by atoms with E-state index in [1.54, 1.807) is 0 Å². The van der Waals surface area contributed by atoms with Gasteiger partial charge in [0, 0.05) is 37.9 Å². The van der Waals surface area contributed by atoms with E-state index in [1.807, 2.05) is 46.3 Å². The van der Waals surface area contributed by atoms with Crippen molar-refractivity contribution in [2.24, 2.45) is 0 Å². The number of H-pyrrole nitrogens is 1. The molecule has 0 spiro atoms. The number of hydrogen-bond donors (Lipinski definition) is 1. The first-order valence-electron chi connectivity index (χ1n) is 10.2. The van der Waals surface area contributed by atoms with Gasteiger partial charge in [0.25, 0.3) is 11.8 Å². The maximum absolute atomic E-state index is 12.7. The summed E-state index contributed by atoms with van der Waals surface area (Å²) in [6, 6.07) is 9.57. The number of carbonyl (C=O) groups is 2. The normalized spacial score (nSPS) is 18.0. The molecule has 0 radical (unpaired) electrons. The number of rotatable bonds is 3. The van der Waals surface area contributed by atoms with E-state index >= 15 is 0 Å². The SMILES string of the molecule is O=C(c1ccc(-c2c[nH]c(C(=O)N3CCOCC3)c2)cc1)N1CCCCCC1. The van der Waals surface area contributed by atoms with E-state index in [1.165, 1.54) is 12.8 Å². The first-order chi connectivity index (χ1) is 13.7. The molecule has 2 saturated heterocycles. The minimum Gasteiger partial charge on any atom is -0.378 e. The van der Waals surface area contributed by atoms with Gasteiger partial charge in [0.2, 0.25) is 0 Å². The van der Waals surface area contributed by atoms with Crippen molar-refractivity contribution in [3.8, 4) is 11.1 Å². The summed E-state index contributed by atoms with van der Waals surface area (Å²) in [7, 11) is 0. The third kappa shape index (κ3) is 4.12. The van der Waals surface area contributed by atoms with Gasteiger partial charge in [-0.25, -0.2) is 0 Å². The number of nitrogens with one attached hydrogen (secondary N) is 1. The number of amides is 2. The van der Waals surface area contributed by atoms with Crippen LogP contribution in [0.2, 0.25) is 0 Å². The number of aromatic nitrogens is 1. The Kier molecular flexibility index (Phi) is 5.76. The minimum absolute atomic E-state index is 0.00233. The highest BCUT2D eigenvalue weighted by molar-refractivity contribution is 5.95. The topological polar surface area (TPSA) is 65.6 Å². The van der Waals surface area contributed by atoms with Crippen molar-refractivity contribution in [3.05, 3.63) is 47.8 Å². The Balaban J connectivity index is 1.44. The molecule has 3 heterocycles. The van der Waals surface area contributed by atoms with E-state index in [2.05, 4.69) is 4.98 Å². The Morgan fingerprint density at radius 1 is 0.786 bits per heavy atom. The zero-order valence-corrected chi connectivity index (χ0v) is 16.2. The van der Waals surface area contributed by atoms with Gasteiger partial charge in [0.1, 0.15) is 5.69 Å². The summed E-state index contributed by atoms with van der Waals surface area (Å²) < 4.78 is 5.31. The van der Waals surface area contributed by atoms with Crippen LogP contribution in [0.15, 0.2) is 36.5 Å². The maximum Gasteiger partial charge on any atom is 0.270 e. The van der Waals surface area contributed by atoms with Gasteiger partial charge < -0.3 is 19.5 Å². The van der Waals surface area contributed by atoms with Crippen LogP contribution < -0.4 is 0 Å². The van der Waals surface area contributed by atoms with Gasteiger partial charge >= 0.3 is 0 Å². The van der Waals surface area contributed by atoms with E-state index in [4.69, 9.17) is 4.74 Å². The second kappa shape index (κ2) is 8.61. The van der Waals surface area contributed by atoms with Crippen LogP contribution in [0.3, 0.4) is 0 Å². The van der Waals surface area contributed by atoms with E-state index in [0.717, 1.165) is 42.6 Å². The second-order valence-electron chi connectivity index (χ2n) is 7.49. The molecule has 6 heteroatoms. The van der Waals surface area contributed by atoms with E-state index < -0.39 is 0 Å². The lowest BCUT2D eigenvalue weighted by molar-refractivity contribution is 0.0299. The van der Waals surface area contributed by atoms with Crippen molar-refractivity contribution < 1.29 is 14.3 Å². The molecule has 2 fully saturated rings. The second-order valence-corrected chi connectivity index (χ2v) is 7.49. The van der Waals surface area contributed by atoms with E-state index in [0.29, 0.717) is 32.0 Å². The van der Waals surface area contributed by atoms with Crippen molar-refractivity contribution in [2.45, 2.75) is 25.7 Å². The molecule has 1 aromatic carbocycles. The fraction of sp³-hybridized carbons (Fsp3) is 0.455. The summed E-state index contributed by atoms with van der Waals surface area (Å²) in [4.78, 5) is 32.2. The van der Waals surface area contributed by atoms with Crippen LogP contribution in [-0.2, 0) is 4.74 Å². The first-order valence-corrected chi connectivity index (χ1v) is 10.2. The summed E-state index contributed by atoms with van der Waals surface area (Å²) in [6.45, 7) is 4.13. The molecule has 1 N–H and O–H groups in total. The Hall–Kier alpha value is -2.60. The zero-order valence-electron chi connectivity index (χ0n) is 16.2. The summed E-state index contributed by atoms with van der Waals surface area (Å²) >= 11 is 0. The molecule has 2 aliphatic rings. The van der Waals surface area contributed by atoms with Gasteiger partial charge in [-0.2, -0.15) is 0 Å². The van der Waals surface area contributed by atoms with E-state index in [-0.39, 0.29) is 11.8 Å². The fourth-order valence-corrected chi connectivity index (χ4v) is 3.88. The average molecular weight is 381 g/mol. The third-order valence-electron chi connectivity index (χ3n) is 5.57. The number of carbonyl (C=O) groups excluding carboxylic acids is 2. The van der Waals surface area contributed by atoms with Gasteiger partial charge in [0.05, 0.1) is 13.2 Å². The number of aromatic amines is 1. The Labute approximate surface area is 165 Å². The quantitative estimate of drug-likeness (QED) is 0.888. The Morgan fingerprint density at radius 3 is 2.11 bits per heavy atom. The van der Waals surface area contributed by atoms with Crippen LogP contribution in [0.25, 0.3) is 11.1 Å². The molecule has 4 rings (SSSR count). The Bertz CT molecular complexity index is 814. The highest BCUT2D eigenvalue weighted by atomic mass is 16.5. The third-order valence-corrected chi connectivity index (χ3v) is 5.57. The number of morpholine rings is 1. The molecule has 0 unspecified atom stereocenters. The van der Waals surface area contributed by atoms with Crippen LogP contribution in [0.1, 0.15) is 46.5 Å². The highest BCUT2D eigenvalue weighted by Gasteiger charge is 2.20. The molecule has 148 valence electrons. The molecule has 2 aliphatic heterocycles. The molecule has 0 bridgehead atoms. The van der Waals surface area contributed by atoms with Gasteiger partial charge in [0.15, 0.2) is 0 Å².